The van der Waals surface area contributed by atoms with Crippen LogP contribution in [0.1, 0.15) is 19.5 Å². The molecule has 64 valence electrons. The number of aryl methyl sites for hydroxylation is 2. The molecule has 1 aromatic rings. The maximum absolute atomic E-state index is 4.97. The summed E-state index contributed by atoms with van der Waals surface area (Å²) in [6.07, 6.45) is 0. The number of methoxy groups -OCH3 is 1. The van der Waals surface area contributed by atoms with E-state index in [0.717, 1.165) is 11.6 Å². The van der Waals surface area contributed by atoms with Gasteiger partial charge >= 0.3 is 0 Å². The second-order valence-electron chi connectivity index (χ2n) is 1.95. The van der Waals surface area contributed by atoms with E-state index in [1.54, 1.807) is 11.8 Å². The summed E-state index contributed by atoms with van der Waals surface area (Å²) in [5.41, 5.74) is 0.981. The fourth-order valence-corrected chi connectivity index (χ4v) is 0.778. The van der Waals surface area contributed by atoms with E-state index in [9.17, 15) is 0 Å². The normalized spacial score (nSPS) is 8.45. The van der Waals surface area contributed by atoms with Crippen molar-refractivity contribution in [3.8, 4) is 5.88 Å². The van der Waals surface area contributed by atoms with Crippen molar-refractivity contribution >= 4 is 0 Å². The van der Waals surface area contributed by atoms with Crippen LogP contribution in [0, 0.1) is 6.92 Å². The summed E-state index contributed by atoms with van der Waals surface area (Å²) >= 11 is 0. The van der Waals surface area contributed by atoms with E-state index in [0.29, 0.717) is 0 Å². The molecule has 0 N–H and O–H groups in total. The highest BCUT2D eigenvalue weighted by Gasteiger charge is 1.97. The maximum atomic E-state index is 4.97. The maximum Gasteiger partial charge on any atom is 0.211 e. The van der Waals surface area contributed by atoms with Gasteiger partial charge in [-0.05, 0) is 6.92 Å². The second-order valence-corrected chi connectivity index (χ2v) is 1.95. The van der Waals surface area contributed by atoms with Gasteiger partial charge in [-0.3, -0.25) is 0 Å². The molecule has 0 aliphatic rings. The van der Waals surface area contributed by atoms with Gasteiger partial charge in [-0.1, -0.05) is 13.8 Å². The zero-order valence-electron chi connectivity index (χ0n) is 7.88. The molecule has 0 aliphatic carbocycles. The Kier molecular flexibility index (Phi) is 4.34. The van der Waals surface area contributed by atoms with Crippen LogP contribution >= 0.6 is 0 Å². The third-order valence-corrected chi connectivity index (χ3v) is 1.17. The van der Waals surface area contributed by atoms with Gasteiger partial charge < -0.3 is 4.74 Å². The first-order chi connectivity index (χ1) is 5.24. The Hall–Kier alpha value is -0.990. The van der Waals surface area contributed by atoms with Crippen LogP contribution in [0.25, 0.3) is 0 Å². The molecule has 0 aliphatic heterocycles. The fraction of sp³-hybridized carbons (Fsp3) is 0.625. The van der Waals surface area contributed by atoms with Gasteiger partial charge in [0.05, 0.1) is 12.8 Å². The Morgan fingerprint density at radius 2 is 2.00 bits per heavy atom. The highest BCUT2D eigenvalue weighted by atomic mass is 16.5. The van der Waals surface area contributed by atoms with Crippen LogP contribution in [0.2, 0.25) is 0 Å². The first-order valence-corrected chi connectivity index (χ1v) is 3.78. The molecule has 0 atom stereocenters. The van der Waals surface area contributed by atoms with E-state index in [4.69, 9.17) is 4.74 Å². The Labute approximate surface area is 68.0 Å². The highest BCUT2D eigenvalue weighted by Crippen LogP contribution is 2.08. The van der Waals surface area contributed by atoms with Gasteiger partial charge in [-0.2, -0.15) is 5.10 Å². The Bertz CT molecular complexity index is 206. The standard InChI is InChI=1S/C6H10N2O.C2H6/c1-5-4-6(9-3)8(2)7-5;1-2/h4H,1-3H3;1-2H3. The van der Waals surface area contributed by atoms with Gasteiger partial charge in [0.2, 0.25) is 5.88 Å². The number of hydrogen-bond donors (Lipinski definition) is 0. The fourth-order valence-electron chi connectivity index (χ4n) is 0.778. The molecule has 0 saturated heterocycles. The van der Waals surface area contributed by atoms with Gasteiger partial charge in [-0.25, -0.2) is 4.68 Å². The summed E-state index contributed by atoms with van der Waals surface area (Å²) in [5.74, 6) is 0.799. The van der Waals surface area contributed by atoms with Gasteiger partial charge in [0.15, 0.2) is 0 Å². The van der Waals surface area contributed by atoms with Gasteiger partial charge in [0, 0.05) is 13.1 Å². The number of aromatic nitrogens is 2. The molecule has 3 nitrogen and oxygen atoms in total. The molecular weight excluding hydrogens is 140 g/mol. The lowest BCUT2D eigenvalue weighted by Gasteiger charge is -1.95. The van der Waals surface area contributed by atoms with Crippen molar-refractivity contribution in [1.29, 1.82) is 0 Å². The predicted molar refractivity (Wildman–Crippen MR) is 45.8 cm³/mol. The van der Waals surface area contributed by atoms with Gasteiger partial charge in [0.25, 0.3) is 0 Å². The Morgan fingerprint density at radius 1 is 1.45 bits per heavy atom. The van der Waals surface area contributed by atoms with Crippen LogP contribution in [-0.4, -0.2) is 16.9 Å². The largest absolute Gasteiger partial charge is 0.481 e. The topological polar surface area (TPSA) is 27.1 Å². The molecule has 1 rings (SSSR count). The monoisotopic (exact) mass is 156 g/mol. The summed E-state index contributed by atoms with van der Waals surface area (Å²) in [5, 5.41) is 4.07. The minimum absolute atomic E-state index is 0.799. The average Bonchev–Trinajstić information content (AvgIpc) is 2.33. The minimum Gasteiger partial charge on any atom is -0.481 e. The number of nitrogens with zero attached hydrogens (tertiary/aromatic N) is 2. The van der Waals surface area contributed by atoms with Crippen LogP contribution in [0.5, 0.6) is 5.88 Å². The molecule has 1 aromatic heterocycles. The number of rotatable bonds is 1. The van der Waals surface area contributed by atoms with E-state index in [1.807, 2.05) is 33.9 Å². The molecule has 0 amide bonds. The molecular formula is C8H16N2O. The molecule has 0 fully saturated rings. The zero-order valence-corrected chi connectivity index (χ0v) is 7.88. The molecule has 0 unspecified atom stereocenters. The second kappa shape index (κ2) is 4.77. The molecule has 3 heteroatoms. The van der Waals surface area contributed by atoms with Crippen molar-refractivity contribution in [2.75, 3.05) is 7.11 Å². The van der Waals surface area contributed by atoms with Crippen molar-refractivity contribution in [2.45, 2.75) is 20.8 Å². The van der Waals surface area contributed by atoms with E-state index in [1.165, 1.54) is 0 Å². The number of ether oxygens (including phenoxy) is 1. The minimum atomic E-state index is 0.799. The SMILES string of the molecule is CC.COc1cc(C)nn1C. The molecule has 0 saturated carbocycles. The summed E-state index contributed by atoms with van der Waals surface area (Å²) in [6.45, 7) is 5.93. The first kappa shape index (κ1) is 10.0. The average molecular weight is 156 g/mol. The predicted octanol–water partition coefficient (Wildman–Crippen LogP) is 1.76. The summed E-state index contributed by atoms with van der Waals surface area (Å²) in [4.78, 5) is 0. The van der Waals surface area contributed by atoms with E-state index >= 15 is 0 Å². The summed E-state index contributed by atoms with van der Waals surface area (Å²) < 4.78 is 6.67. The third-order valence-electron chi connectivity index (χ3n) is 1.17. The molecule has 0 aromatic carbocycles. The van der Waals surface area contributed by atoms with Crippen molar-refractivity contribution < 1.29 is 4.74 Å². The Balaban J connectivity index is 0.000000461. The van der Waals surface area contributed by atoms with Crippen molar-refractivity contribution in [2.24, 2.45) is 7.05 Å². The van der Waals surface area contributed by atoms with Crippen LogP contribution in [0.15, 0.2) is 6.07 Å². The smallest absolute Gasteiger partial charge is 0.211 e. The van der Waals surface area contributed by atoms with E-state index in [-0.39, 0.29) is 0 Å². The van der Waals surface area contributed by atoms with Crippen LogP contribution in [-0.2, 0) is 7.05 Å². The van der Waals surface area contributed by atoms with Crippen LogP contribution in [0.3, 0.4) is 0 Å². The zero-order chi connectivity index (χ0) is 8.85. The lowest BCUT2D eigenvalue weighted by molar-refractivity contribution is 0.373. The first-order valence-electron chi connectivity index (χ1n) is 3.78. The molecule has 0 radical (unpaired) electrons. The van der Waals surface area contributed by atoms with Crippen molar-refractivity contribution in [1.82, 2.24) is 9.78 Å². The van der Waals surface area contributed by atoms with Crippen molar-refractivity contribution in [3.05, 3.63) is 11.8 Å². The molecule has 1 heterocycles. The van der Waals surface area contributed by atoms with E-state index in [2.05, 4.69) is 5.10 Å². The van der Waals surface area contributed by atoms with E-state index < -0.39 is 0 Å². The highest BCUT2D eigenvalue weighted by molar-refractivity contribution is 5.13. The quantitative estimate of drug-likeness (QED) is 0.619. The number of hydrogen-bond acceptors (Lipinski definition) is 2. The van der Waals surface area contributed by atoms with Gasteiger partial charge in [0.1, 0.15) is 0 Å². The molecule has 0 bridgehead atoms. The molecule has 11 heavy (non-hydrogen) atoms. The van der Waals surface area contributed by atoms with Crippen LogP contribution < -0.4 is 4.74 Å². The molecule has 0 spiro atoms. The Morgan fingerprint density at radius 3 is 2.18 bits per heavy atom. The third kappa shape index (κ3) is 2.62. The summed E-state index contributed by atoms with van der Waals surface area (Å²) in [6, 6.07) is 1.89. The lowest BCUT2D eigenvalue weighted by Crippen LogP contribution is -1.94. The van der Waals surface area contributed by atoms with Crippen molar-refractivity contribution in [3.63, 3.8) is 0 Å². The van der Waals surface area contributed by atoms with Gasteiger partial charge in [-0.15, -0.1) is 0 Å². The lowest BCUT2D eigenvalue weighted by atomic mass is 10.5. The summed E-state index contributed by atoms with van der Waals surface area (Å²) in [7, 11) is 3.49. The van der Waals surface area contributed by atoms with Crippen LogP contribution in [0.4, 0.5) is 0 Å².